The van der Waals surface area contributed by atoms with Gasteiger partial charge in [0.05, 0.1) is 17.8 Å². The SMILES string of the molecule is CNCC(=O)N1CC=C(c2cc(C(=O)NCc3c(C)cc(C)[nH]c3=O)c(C=N)c(NC(C)C)n2)CC1. The number of aromatic nitrogens is 2. The summed E-state index contributed by atoms with van der Waals surface area (Å²) < 4.78 is 0. The standard InChI is InChI=1S/C26H35N7O3/c1-15(2)30-24-20(12-27)19(25(35)29-13-21-16(3)10-17(4)31-26(21)36)11-22(32-24)18-6-8-33(9-7-18)23(34)14-28-5/h6,10-12,15,27-28H,7-9,13-14H2,1-5H3,(H,29,35)(H,30,32)(H,31,36). The van der Waals surface area contributed by atoms with Gasteiger partial charge in [0.25, 0.3) is 11.5 Å². The number of carbonyl (C=O) groups excluding carboxylic acids is 2. The molecule has 0 saturated heterocycles. The molecular weight excluding hydrogens is 458 g/mol. The number of carbonyl (C=O) groups is 2. The number of aryl methyl sites for hydroxylation is 2. The maximum absolute atomic E-state index is 13.3. The summed E-state index contributed by atoms with van der Waals surface area (Å²) in [5.41, 5.74) is 4.05. The zero-order valence-electron chi connectivity index (χ0n) is 21.5. The number of nitrogens with zero attached hydrogens (tertiary/aromatic N) is 2. The fraction of sp³-hybridized carbons (Fsp3) is 0.423. The van der Waals surface area contributed by atoms with Crippen LogP contribution in [0.2, 0.25) is 0 Å². The largest absolute Gasteiger partial charge is 0.367 e. The molecule has 5 N–H and O–H groups in total. The Hall–Kier alpha value is -3.79. The Balaban J connectivity index is 1.94. The lowest BCUT2D eigenvalue weighted by atomic mass is 9.99. The molecule has 2 amide bonds. The van der Waals surface area contributed by atoms with E-state index in [1.165, 1.54) is 0 Å². The summed E-state index contributed by atoms with van der Waals surface area (Å²) in [7, 11) is 1.74. The van der Waals surface area contributed by atoms with Gasteiger partial charge < -0.3 is 31.2 Å². The number of hydrogen-bond acceptors (Lipinski definition) is 7. The molecule has 0 spiro atoms. The van der Waals surface area contributed by atoms with E-state index in [0.717, 1.165) is 23.0 Å². The molecule has 10 nitrogen and oxygen atoms in total. The summed E-state index contributed by atoms with van der Waals surface area (Å²) >= 11 is 0. The van der Waals surface area contributed by atoms with Gasteiger partial charge in [0.2, 0.25) is 5.91 Å². The Morgan fingerprint density at radius 2 is 2.03 bits per heavy atom. The van der Waals surface area contributed by atoms with Gasteiger partial charge in [-0.05, 0) is 64.4 Å². The molecule has 3 rings (SSSR count). The summed E-state index contributed by atoms with van der Waals surface area (Å²) in [5.74, 6) is 0.0793. The van der Waals surface area contributed by atoms with Crippen LogP contribution in [0.25, 0.3) is 5.57 Å². The summed E-state index contributed by atoms with van der Waals surface area (Å²) in [6, 6.07) is 3.58. The number of nitrogens with one attached hydrogen (secondary N) is 5. The number of anilines is 1. The van der Waals surface area contributed by atoms with Crippen molar-refractivity contribution in [2.24, 2.45) is 0 Å². The number of likely N-dealkylation sites (N-methyl/N-ethyl adjacent to an activating group) is 1. The molecule has 1 aliphatic heterocycles. The maximum Gasteiger partial charge on any atom is 0.253 e. The Bertz CT molecular complexity index is 1250. The first-order valence-corrected chi connectivity index (χ1v) is 12.1. The number of rotatable bonds is 9. The summed E-state index contributed by atoms with van der Waals surface area (Å²) in [4.78, 5) is 47.2. The van der Waals surface area contributed by atoms with E-state index in [-0.39, 0.29) is 30.6 Å². The van der Waals surface area contributed by atoms with Gasteiger partial charge in [-0.1, -0.05) is 6.08 Å². The smallest absolute Gasteiger partial charge is 0.253 e. The molecule has 0 saturated carbocycles. The molecule has 0 aromatic carbocycles. The van der Waals surface area contributed by atoms with Crippen LogP contribution in [0, 0.1) is 19.3 Å². The average Bonchev–Trinajstić information content (AvgIpc) is 2.82. The molecule has 36 heavy (non-hydrogen) atoms. The van der Waals surface area contributed by atoms with E-state index < -0.39 is 5.91 Å². The highest BCUT2D eigenvalue weighted by Gasteiger charge is 2.22. The van der Waals surface area contributed by atoms with Gasteiger partial charge in [-0.25, -0.2) is 4.98 Å². The van der Waals surface area contributed by atoms with E-state index in [4.69, 9.17) is 10.4 Å². The highest BCUT2D eigenvalue weighted by atomic mass is 16.2. The predicted octanol–water partition coefficient (Wildman–Crippen LogP) is 1.97. The second-order valence-electron chi connectivity index (χ2n) is 9.24. The minimum absolute atomic E-state index is 0.0310. The predicted molar refractivity (Wildman–Crippen MR) is 142 cm³/mol. The van der Waals surface area contributed by atoms with Crippen LogP contribution < -0.4 is 21.5 Å². The molecule has 0 atom stereocenters. The van der Waals surface area contributed by atoms with Gasteiger partial charge in [0, 0.05) is 48.7 Å². The van der Waals surface area contributed by atoms with Crippen LogP contribution >= 0.6 is 0 Å². The minimum atomic E-state index is -0.398. The molecule has 0 fully saturated rings. The fourth-order valence-electron chi connectivity index (χ4n) is 4.19. The Morgan fingerprint density at radius 3 is 2.61 bits per heavy atom. The van der Waals surface area contributed by atoms with Crippen molar-refractivity contribution in [3.05, 3.63) is 62.2 Å². The van der Waals surface area contributed by atoms with Gasteiger partial charge >= 0.3 is 0 Å². The van der Waals surface area contributed by atoms with Crippen molar-refractivity contribution >= 4 is 29.4 Å². The summed E-state index contributed by atoms with van der Waals surface area (Å²) in [6.07, 6.45) is 3.68. The molecule has 0 unspecified atom stereocenters. The number of aromatic amines is 1. The molecule has 10 heteroatoms. The number of H-pyrrole nitrogens is 1. The second-order valence-corrected chi connectivity index (χ2v) is 9.24. The van der Waals surface area contributed by atoms with Crippen molar-refractivity contribution in [2.75, 3.05) is 32.0 Å². The van der Waals surface area contributed by atoms with Gasteiger partial charge in [-0.15, -0.1) is 0 Å². The van der Waals surface area contributed by atoms with Gasteiger partial charge in [0.15, 0.2) is 0 Å². The van der Waals surface area contributed by atoms with Crippen LogP contribution in [0.15, 0.2) is 23.0 Å². The second kappa shape index (κ2) is 11.8. The molecule has 2 aromatic rings. The molecule has 1 aliphatic rings. The van der Waals surface area contributed by atoms with Crippen LogP contribution in [-0.2, 0) is 11.3 Å². The van der Waals surface area contributed by atoms with E-state index in [9.17, 15) is 14.4 Å². The topological polar surface area (TPSA) is 143 Å². The van der Waals surface area contributed by atoms with Crippen LogP contribution in [0.5, 0.6) is 0 Å². The lowest BCUT2D eigenvalue weighted by Crippen LogP contribution is -2.39. The lowest BCUT2D eigenvalue weighted by molar-refractivity contribution is -0.129. The van der Waals surface area contributed by atoms with Gasteiger partial charge in [0.1, 0.15) is 5.82 Å². The first-order valence-electron chi connectivity index (χ1n) is 12.1. The summed E-state index contributed by atoms with van der Waals surface area (Å²) in [6.45, 7) is 8.93. The third-order valence-electron chi connectivity index (χ3n) is 6.01. The van der Waals surface area contributed by atoms with Gasteiger partial charge in [-0.3, -0.25) is 14.4 Å². The van der Waals surface area contributed by atoms with Crippen LogP contribution in [0.3, 0.4) is 0 Å². The first-order chi connectivity index (χ1) is 17.1. The molecule has 2 aromatic heterocycles. The monoisotopic (exact) mass is 493 g/mol. The highest BCUT2D eigenvalue weighted by Crippen LogP contribution is 2.27. The molecular formula is C26H35N7O3. The van der Waals surface area contributed by atoms with Crippen molar-refractivity contribution < 1.29 is 9.59 Å². The maximum atomic E-state index is 13.3. The van der Waals surface area contributed by atoms with Crippen LogP contribution in [0.1, 0.15) is 58.7 Å². The first kappa shape index (κ1) is 26.8. The Kier molecular flexibility index (Phi) is 8.76. The minimum Gasteiger partial charge on any atom is -0.367 e. The van der Waals surface area contributed by atoms with E-state index in [1.54, 1.807) is 18.0 Å². The van der Waals surface area contributed by atoms with Crippen molar-refractivity contribution in [2.45, 2.75) is 46.7 Å². The zero-order valence-corrected chi connectivity index (χ0v) is 21.5. The normalized spacial score (nSPS) is 13.4. The number of amides is 2. The Labute approximate surface area is 211 Å². The van der Waals surface area contributed by atoms with Crippen molar-refractivity contribution in [3.63, 3.8) is 0 Å². The third-order valence-corrected chi connectivity index (χ3v) is 6.01. The number of pyridine rings is 2. The molecule has 0 aliphatic carbocycles. The molecule has 192 valence electrons. The number of hydrogen-bond donors (Lipinski definition) is 5. The molecule has 3 heterocycles. The zero-order chi connectivity index (χ0) is 26.4. The van der Waals surface area contributed by atoms with Crippen molar-refractivity contribution in [1.82, 2.24) is 25.5 Å². The average molecular weight is 494 g/mol. The van der Waals surface area contributed by atoms with Crippen molar-refractivity contribution in [3.8, 4) is 0 Å². The van der Waals surface area contributed by atoms with Gasteiger partial charge in [-0.2, -0.15) is 0 Å². The Morgan fingerprint density at radius 1 is 1.28 bits per heavy atom. The van der Waals surface area contributed by atoms with Crippen molar-refractivity contribution in [1.29, 1.82) is 5.41 Å². The van der Waals surface area contributed by atoms with E-state index in [2.05, 4.69) is 20.9 Å². The highest BCUT2D eigenvalue weighted by molar-refractivity contribution is 6.05. The summed E-state index contributed by atoms with van der Waals surface area (Å²) in [5, 5.41) is 16.9. The molecule has 0 bridgehead atoms. The van der Waals surface area contributed by atoms with Crippen LogP contribution in [0.4, 0.5) is 5.82 Å². The van der Waals surface area contributed by atoms with E-state index in [0.29, 0.717) is 47.7 Å². The molecule has 0 radical (unpaired) electrons. The lowest BCUT2D eigenvalue weighted by Gasteiger charge is -2.27. The quantitative estimate of drug-likeness (QED) is 0.338. The fourth-order valence-corrected chi connectivity index (χ4v) is 4.19. The van der Waals surface area contributed by atoms with Crippen LogP contribution in [-0.4, -0.2) is 65.6 Å². The third kappa shape index (κ3) is 6.25. The van der Waals surface area contributed by atoms with E-state index >= 15 is 0 Å². The van der Waals surface area contributed by atoms with E-state index in [1.807, 2.05) is 39.8 Å².